The Morgan fingerprint density at radius 3 is 2.71 bits per heavy atom. The summed E-state index contributed by atoms with van der Waals surface area (Å²) in [6.45, 7) is 6.34. The largest absolute Gasteiger partial charge is 0.378 e. The first-order valence-electron chi connectivity index (χ1n) is 8.18. The predicted molar refractivity (Wildman–Crippen MR) is 89.0 cm³/mol. The lowest BCUT2D eigenvalue weighted by molar-refractivity contribution is -0.130. The molecule has 0 atom stereocenters. The highest BCUT2D eigenvalue weighted by Gasteiger charge is 2.35. The molecule has 2 aliphatic heterocycles. The van der Waals surface area contributed by atoms with Crippen molar-refractivity contribution in [2.24, 2.45) is 5.92 Å². The quantitative estimate of drug-likeness (QED) is 0.796. The first-order valence-corrected chi connectivity index (χ1v) is 8.18. The van der Waals surface area contributed by atoms with Crippen LogP contribution < -0.4 is 4.90 Å². The zero-order valence-electron chi connectivity index (χ0n) is 13.9. The van der Waals surface area contributed by atoms with Gasteiger partial charge >= 0.3 is 0 Å². The molecule has 0 aliphatic carbocycles. The van der Waals surface area contributed by atoms with Gasteiger partial charge in [0.05, 0.1) is 24.5 Å². The zero-order chi connectivity index (χ0) is 17.3. The van der Waals surface area contributed by atoms with Gasteiger partial charge in [0.25, 0.3) is 5.91 Å². The van der Waals surface area contributed by atoms with Crippen molar-refractivity contribution in [2.75, 3.05) is 37.7 Å². The Bertz CT molecular complexity index is 694. The average Bonchev–Trinajstić information content (AvgIpc) is 2.82. The fraction of sp³-hybridized carbons (Fsp3) is 0.444. The average molecular weight is 332 g/mol. The van der Waals surface area contributed by atoms with Crippen LogP contribution in [-0.2, 0) is 14.3 Å². The number of nitrogens with zero attached hydrogens (tertiary/aromatic N) is 2. The molecule has 1 fully saturated rings. The maximum atomic E-state index is 14.3. The van der Waals surface area contributed by atoms with Gasteiger partial charge in [-0.25, -0.2) is 4.39 Å². The van der Waals surface area contributed by atoms with Crippen molar-refractivity contribution >= 4 is 23.1 Å². The molecule has 0 spiro atoms. The van der Waals surface area contributed by atoms with Gasteiger partial charge in [0.15, 0.2) is 0 Å². The number of anilines is 1. The molecule has 0 bridgehead atoms. The number of morpholine rings is 1. The number of rotatable bonds is 3. The van der Waals surface area contributed by atoms with E-state index in [2.05, 4.69) is 0 Å². The van der Waals surface area contributed by atoms with Gasteiger partial charge in [0, 0.05) is 31.3 Å². The van der Waals surface area contributed by atoms with Crippen molar-refractivity contribution in [3.05, 3.63) is 35.7 Å². The van der Waals surface area contributed by atoms with Gasteiger partial charge in [0.1, 0.15) is 5.82 Å². The van der Waals surface area contributed by atoms with E-state index in [0.717, 1.165) is 0 Å². The third kappa shape index (κ3) is 3.06. The summed E-state index contributed by atoms with van der Waals surface area (Å²) < 4.78 is 19.5. The molecule has 24 heavy (non-hydrogen) atoms. The van der Waals surface area contributed by atoms with Crippen LogP contribution in [0.5, 0.6) is 0 Å². The van der Waals surface area contributed by atoms with Gasteiger partial charge in [-0.1, -0.05) is 26.0 Å². The summed E-state index contributed by atoms with van der Waals surface area (Å²) in [6.07, 6.45) is 1.34. The van der Waals surface area contributed by atoms with E-state index in [-0.39, 0.29) is 29.0 Å². The number of hydrogen-bond donors (Lipinski definition) is 0. The lowest BCUT2D eigenvalue weighted by Gasteiger charge is -2.25. The standard InChI is InChI=1S/C18H21FN2O3/c1-12(2)11-21-17-13(4-3-5-15(17)19)14(18(21)23)10-16(22)20-6-8-24-9-7-20/h3-5,10,12H,6-9,11H2,1-2H3. The first-order chi connectivity index (χ1) is 11.5. The Balaban J connectivity index is 1.96. The van der Waals surface area contributed by atoms with E-state index in [1.807, 2.05) is 13.8 Å². The maximum Gasteiger partial charge on any atom is 0.259 e. The van der Waals surface area contributed by atoms with Gasteiger partial charge < -0.3 is 14.5 Å². The lowest BCUT2D eigenvalue weighted by atomic mass is 10.1. The Morgan fingerprint density at radius 2 is 2.04 bits per heavy atom. The molecular weight excluding hydrogens is 311 g/mol. The van der Waals surface area contributed by atoms with Crippen molar-refractivity contribution in [1.29, 1.82) is 0 Å². The van der Waals surface area contributed by atoms with Crippen molar-refractivity contribution in [2.45, 2.75) is 13.8 Å². The van der Waals surface area contributed by atoms with Crippen molar-refractivity contribution in [3.8, 4) is 0 Å². The Labute approximate surface area is 140 Å². The molecule has 2 aliphatic rings. The second-order valence-electron chi connectivity index (χ2n) is 6.44. The van der Waals surface area contributed by atoms with E-state index >= 15 is 0 Å². The molecule has 5 nitrogen and oxygen atoms in total. The van der Waals surface area contributed by atoms with Gasteiger partial charge in [0.2, 0.25) is 5.91 Å². The van der Waals surface area contributed by atoms with E-state index in [9.17, 15) is 14.0 Å². The number of fused-ring (bicyclic) bond motifs is 1. The summed E-state index contributed by atoms with van der Waals surface area (Å²) in [4.78, 5) is 28.3. The number of benzene rings is 1. The number of para-hydroxylation sites is 1. The fourth-order valence-electron chi connectivity index (χ4n) is 3.05. The summed E-state index contributed by atoms with van der Waals surface area (Å²) in [5, 5.41) is 0. The Kier molecular flexibility index (Phi) is 4.66. The van der Waals surface area contributed by atoms with Crippen LogP contribution in [0.25, 0.3) is 5.57 Å². The van der Waals surface area contributed by atoms with Crippen LogP contribution in [0.1, 0.15) is 19.4 Å². The third-order valence-electron chi connectivity index (χ3n) is 4.16. The highest BCUT2D eigenvalue weighted by atomic mass is 19.1. The minimum atomic E-state index is -0.441. The summed E-state index contributed by atoms with van der Waals surface area (Å²) in [5.41, 5.74) is 1.03. The molecule has 2 heterocycles. The van der Waals surface area contributed by atoms with Crippen LogP contribution in [0.15, 0.2) is 24.3 Å². The highest BCUT2D eigenvalue weighted by molar-refractivity contribution is 6.34. The molecular formula is C18H21FN2O3. The molecule has 0 radical (unpaired) electrons. The molecule has 0 saturated carbocycles. The monoisotopic (exact) mass is 332 g/mol. The minimum Gasteiger partial charge on any atom is -0.378 e. The van der Waals surface area contributed by atoms with E-state index in [4.69, 9.17) is 4.74 Å². The fourth-order valence-corrected chi connectivity index (χ4v) is 3.05. The number of amides is 2. The Morgan fingerprint density at radius 1 is 1.33 bits per heavy atom. The second-order valence-corrected chi connectivity index (χ2v) is 6.44. The summed E-state index contributed by atoms with van der Waals surface area (Å²) in [6, 6.07) is 4.59. The summed E-state index contributed by atoms with van der Waals surface area (Å²) in [5.74, 6) is -0.798. The number of carbonyl (C=O) groups excluding carboxylic acids is 2. The minimum absolute atomic E-state index is 0.190. The molecule has 6 heteroatoms. The summed E-state index contributed by atoms with van der Waals surface area (Å²) in [7, 11) is 0. The van der Waals surface area contributed by atoms with Crippen molar-refractivity contribution in [1.82, 2.24) is 4.90 Å². The molecule has 2 amide bonds. The van der Waals surface area contributed by atoms with E-state index < -0.39 is 5.82 Å². The van der Waals surface area contributed by atoms with Crippen LogP contribution in [-0.4, -0.2) is 49.6 Å². The third-order valence-corrected chi connectivity index (χ3v) is 4.16. The van der Waals surface area contributed by atoms with Gasteiger partial charge in [-0.15, -0.1) is 0 Å². The summed E-state index contributed by atoms with van der Waals surface area (Å²) >= 11 is 0. The van der Waals surface area contributed by atoms with Gasteiger partial charge in [-0.05, 0) is 12.0 Å². The zero-order valence-corrected chi connectivity index (χ0v) is 13.9. The molecule has 128 valence electrons. The number of carbonyl (C=O) groups is 2. The SMILES string of the molecule is CC(C)CN1C(=O)C(=CC(=O)N2CCOCC2)c2cccc(F)c21. The van der Waals surface area contributed by atoms with Crippen LogP contribution in [0.2, 0.25) is 0 Å². The molecule has 0 N–H and O–H groups in total. The molecule has 0 aromatic heterocycles. The molecule has 1 aromatic rings. The van der Waals surface area contributed by atoms with Crippen molar-refractivity contribution in [3.63, 3.8) is 0 Å². The molecule has 1 aromatic carbocycles. The molecule has 1 saturated heterocycles. The van der Waals surface area contributed by atoms with Crippen LogP contribution >= 0.6 is 0 Å². The topological polar surface area (TPSA) is 49.9 Å². The number of hydrogen-bond acceptors (Lipinski definition) is 3. The van der Waals surface area contributed by atoms with Gasteiger partial charge in [-0.3, -0.25) is 9.59 Å². The van der Waals surface area contributed by atoms with E-state index in [0.29, 0.717) is 38.4 Å². The van der Waals surface area contributed by atoms with Crippen LogP contribution in [0.3, 0.4) is 0 Å². The Hall–Kier alpha value is -2.21. The van der Waals surface area contributed by atoms with Crippen LogP contribution in [0, 0.1) is 11.7 Å². The normalized spacial score (nSPS) is 19.3. The lowest BCUT2D eigenvalue weighted by Crippen LogP contribution is -2.40. The molecule has 3 rings (SSSR count). The van der Waals surface area contributed by atoms with Gasteiger partial charge in [-0.2, -0.15) is 0 Å². The first kappa shape index (κ1) is 16.6. The van der Waals surface area contributed by atoms with E-state index in [1.165, 1.54) is 17.0 Å². The smallest absolute Gasteiger partial charge is 0.259 e. The van der Waals surface area contributed by atoms with Crippen LogP contribution in [0.4, 0.5) is 10.1 Å². The number of ether oxygens (including phenoxy) is 1. The second kappa shape index (κ2) is 6.73. The maximum absolute atomic E-state index is 14.3. The molecule has 0 unspecified atom stereocenters. The van der Waals surface area contributed by atoms with Crippen molar-refractivity contribution < 1.29 is 18.7 Å². The highest BCUT2D eigenvalue weighted by Crippen LogP contribution is 2.39. The predicted octanol–water partition coefficient (Wildman–Crippen LogP) is 2.07. The number of halogens is 1. The van der Waals surface area contributed by atoms with E-state index in [1.54, 1.807) is 17.0 Å².